The molecule has 1 saturated heterocycles. The molecule has 2 N–H and O–H groups in total. The summed E-state index contributed by atoms with van der Waals surface area (Å²) in [5, 5.41) is 11.0. The van der Waals surface area contributed by atoms with Gasteiger partial charge in [0, 0.05) is 5.56 Å². The van der Waals surface area contributed by atoms with Gasteiger partial charge in [-0.1, -0.05) is 18.2 Å². The van der Waals surface area contributed by atoms with Gasteiger partial charge in [-0.05, 0) is 68.9 Å². The first kappa shape index (κ1) is 22.1. The van der Waals surface area contributed by atoms with E-state index in [9.17, 15) is 9.18 Å². The molecule has 160 valence electrons. The van der Waals surface area contributed by atoms with E-state index < -0.39 is 30.2 Å². The number of amides is 1. The number of halogens is 1. The monoisotopic (exact) mass is 415 g/mol. The third kappa shape index (κ3) is 4.02. The zero-order valence-corrected chi connectivity index (χ0v) is 18.1. The summed E-state index contributed by atoms with van der Waals surface area (Å²) in [5.74, 6) is -0.266. The van der Waals surface area contributed by atoms with Crippen molar-refractivity contribution >= 4 is 18.7 Å². The summed E-state index contributed by atoms with van der Waals surface area (Å²) in [6, 6.07) is 8.82. The van der Waals surface area contributed by atoms with Gasteiger partial charge < -0.3 is 24.5 Å². The Kier molecular flexibility index (Phi) is 5.84. The van der Waals surface area contributed by atoms with Gasteiger partial charge in [-0.3, -0.25) is 0 Å². The van der Waals surface area contributed by atoms with E-state index in [2.05, 4.69) is 5.32 Å². The molecule has 0 bridgehead atoms. The molecule has 2 aromatic carbocycles. The maximum Gasteiger partial charge on any atom is 0.495 e. The lowest BCUT2D eigenvalue weighted by molar-refractivity contribution is 0.00578. The zero-order valence-electron chi connectivity index (χ0n) is 18.1. The predicted octanol–water partition coefficient (Wildman–Crippen LogP) is 3.88. The maximum atomic E-state index is 14.8. The standard InChI is InChI=1S/C22H27BFNO5/c1-13-15(8-7-9-17(13)23-29-21(2,3)22(4,5)30-23)14-10-18(24)16(12-25-20(26)27)19(11-14)28-6/h7-11,25H,12H2,1-6H3,(H,26,27). The molecule has 6 nitrogen and oxygen atoms in total. The molecular formula is C22H27BFNO5. The Morgan fingerprint density at radius 3 is 2.40 bits per heavy atom. The van der Waals surface area contributed by atoms with E-state index >= 15 is 0 Å². The first-order valence-electron chi connectivity index (χ1n) is 9.75. The van der Waals surface area contributed by atoms with E-state index in [-0.39, 0.29) is 17.9 Å². The Labute approximate surface area is 176 Å². The van der Waals surface area contributed by atoms with Crippen LogP contribution < -0.4 is 15.5 Å². The van der Waals surface area contributed by atoms with Crippen LogP contribution in [0.2, 0.25) is 0 Å². The number of ether oxygens (including phenoxy) is 1. The van der Waals surface area contributed by atoms with Crippen molar-refractivity contribution in [1.82, 2.24) is 5.32 Å². The molecule has 0 aliphatic carbocycles. The lowest BCUT2D eigenvalue weighted by Gasteiger charge is -2.32. The molecule has 2 aromatic rings. The minimum absolute atomic E-state index is 0.156. The molecule has 1 aliphatic heterocycles. The SMILES string of the molecule is COc1cc(-c2cccc(B3OC(C)(C)C(C)(C)O3)c2C)cc(F)c1CNC(=O)O. The third-order valence-corrected chi connectivity index (χ3v) is 5.98. The van der Waals surface area contributed by atoms with Crippen LogP contribution in [-0.2, 0) is 15.9 Å². The minimum Gasteiger partial charge on any atom is -0.496 e. The summed E-state index contributed by atoms with van der Waals surface area (Å²) in [5.41, 5.74) is 2.46. The highest BCUT2D eigenvalue weighted by atomic mass is 19.1. The maximum absolute atomic E-state index is 14.8. The lowest BCUT2D eigenvalue weighted by atomic mass is 9.74. The number of methoxy groups -OCH3 is 1. The van der Waals surface area contributed by atoms with Crippen molar-refractivity contribution in [2.75, 3.05) is 7.11 Å². The number of nitrogens with one attached hydrogen (secondary N) is 1. The topological polar surface area (TPSA) is 77.0 Å². The third-order valence-electron chi connectivity index (χ3n) is 5.98. The summed E-state index contributed by atoms with van der Waals surface area (Å²) < 4.78 is 32.5. The van der Waals surface area contributed by atoms with E-state index in [4.69, 9.17) is 19.2 Å². The van der Waals surface area contributed by atoms with Crippen molar-refractivity contribution < 1.29 is 28.3 Å². The molecule has 1 heterocycles. The van der Waals surface area contributed by atoms with Gasteiger partial charge in [0.25, 0.3) is 0 Å². The Balaban J connectivity index is 2.01. The summed E-state index contributed by atoms with van der Waals surface area (Å²) in [6.45, 7) is 9.75. The number of rotatable bonds is 5. The van der Waals surface area contributed by atoms with Crippen LogP contribution in [-0.4, -0.2) is 36.6 Å². The predicted molar refractivity (Wildman–Crippen MR) is 114 cm³/mol. The Hall–Kier alpha value is -2.58. The van der Waals surface area contributed by atoms with Gasteiger partial charge in [-0.2, -0.15) is 0 Å². The molecule has 0 aromatic heterocycles. The van der Waals surface area contributed by atoms with Crippen LogP contribution in [0.4, 0.5) is 9.18 Å². The van der Waals surface area contributed by atoms with Gasteiger partial charge in [-0.15, -0.1) is 0 Å². The largest absolute Gasteiger partial charge is 0.496 e. The number of hydrogen-bond acceptors (Lipinski definition) is 4. The molecule has 30 heavy (non-hydrogen) atoms. The fourth-order valence-electron chi connectivity index (χ4n) is 3.48. The fourth-order valence-corrected chi connectivity index (χ4v) is 3.48. The van der Waals surface area contributed by atoms with Crippen molar-refractivity contribution in [1.29, 1.82) is 0 Å². The van der Waals surface area contributed by atoms with Crippen LogP contribution in [0.1, 0.15) is 38.8 Å². The van der Waals surface area contributed by atoms with Gasteiger partial charge in [0.15, 0.2) is 0 Å². The smallest absolute Gasteiger partial charge is 0.495 e. The van der Waals surface area contributed by atoms with E-state index in [0.717, 1.165) is 16.6 Å². The Morgan fingerprint density at radius 1 is 1.20 bits per heavy atom. The highest BCUT2D eigenvalue weighted by Crippen LogP contribution is 2.37. The van der Waals surface area contributed by atoms with Crippen molar-refractivity contribution in [2.45, 2.75) is 52.4 Å². The summed E-state index contributed by atoms with van der Waals surface area (Å²) >= 11 is 0. The van der Waals surface area contributed by atoms with Gasteiger partial charge in [0.05, 0.1) is 24.9 Å². The van der Waals surface area contributed by atoms with Crippen molar-refractivity contribution in [3.8, 4) is 16.9 Å². The Morgan fingerprint density at radius 2 is 1.83 bits per heavy atom. The average Bonchev–Trinajstić information content (AvgIpc) is 2.87. The number of hydrogen-bond donors (Lipinski definition) is 2. The normalized spacial score (nSPS) is 17.1. The van der Waals surface area contributed by atoms with E-state index in [1.54, 1.807) is 6.07 Å². The lowest BCUT2D eigenvalue weighted by Crippen LogP contribution is -2.41. The molecule has 0 saturated carbocycles. The van der Waals surface area contributed by atoms with Crippen LogP contribution >= 0.6 is 0 Å². The second-order valence-corrected chi connectivity index (χ2v) is 8.41. The molecule has 1 amide bonds. The molecule has 1 aliphatic rings. The molecule has 0 unspecified atom stereocenters. The van der Waals surface area contributed by atoms with E-state index in [1.807, 2.05) is 52.8 Å². The molecule has 8 heteroatoms. The number of benzene rings is 2. The van der Waals surface area contributed by atoms with Crippen molar-refractivity contribution in [3.63, 3.8) is 0 Å². The van der Waals surface area contributed by atoms with Crippen LogP contribution in [0.3, 0.4) is 0 Å². The van der Waals surface area contributed by atoms with Gasteiger partial charge in [0.1, 0.15) is 11.6 Å². The van der Waals surface area contributed by atoms with E-state index in [0.29, 0.717) is 5.56 Å². The van der Waals surface area contributed by atoms with Crippen LogP contribution in [0.25, 0.3) is 11.1 Å². The second-order valence-electron chi connectivity index (χ2n) is 8.41. The summed E-state index contributed by atoms with van der Waals surface area (Å²) in [7, 11) is 0.900. The average molecular weight is 415 g/mol. The molecular weight excluding hydrogens is 388 g/mol. The molecule has 0 spiro atoms. The number of carbonyl (C=O) groups is 1. The summed E-state index contributed by atoms with van der Waals surface area (Å²) in [6.07, 6.45) is -1.23. The van der Waals surface area contributed by atoms with Gasteiger partial charge >= 0.3 is 13.2 Å². The number of carboxylic acid groups (broad SMARTS) is 1. The van der Waals surface area contributed by atoms with Crippen molar-refractivity contribution in [3.05, 3.63) is 47.3 Å². The molecule has 3 rings (SSSR count). The molecule has 0 atom stereocenters. The first-order valence-corrected chi connectivity index (χ1v) is 9.75. The van der Waals surface area contributed by atoms with E-state index in [1.165, 1.54) is 13.2 Å². The summed E-state index contributed by atoms with van der Waals surface area (Å²) in [4.78, 5) is 10.8. The van der Waals surface area contributed by atoms with Crippen LogP contribution in [0.5, 0.6) is 5.75 Å². The van der Waals surface area contributed by atoms with Gasteiger partial charge in [0.2, 0.25) is 0 Å². The first-order chi connectivity index (χ1) is 14.0. The van der Waals surface area contributed by atoms with Gasteiger partial charge in [-0.25, -0.2) is 9.18 Å². The quantitative estimate of drug-likeness (QED) is 0.725. The minimum atomic E-state index is -1.23. The Bertz CT molecular complexity index is 960. The second kappa shape index (κ2) is 7.93. The molecule has 1 fully saturated rings. The van der Waals surface area contributed by atoms with Crippen molar-refractivity contribution in [2.24, 2.45) is 0 Å². The van der Waals surface area contributed by atoms with Crippen LogP contribution in [0, 0.1) is 12.7 Å². The van der Waals surface area contributed by atoms with Crippen LogP contribution in [0.15, 0.2) is 30.3 Å². The molecule has 0 radical (unpaired) electrons. The highest BCUT2D eigenvalue weighted by Gasteiger charge is 2.52. The highest BCUT2D eigenvalue weighted by molar-refractivity contribution is 6.62. The fraction of sp³-hybridized carbons (Fsp3) is 0.409. The zero-order chi connectivity index (χ0) is 22.3.